The van der Waals surface area contributed by atoms with Crippen LogP contribution < -0.4 is 4.72 Å². The summed E-state index contributed by atoms with van der Waals surface area (Å²) >= 11 is 5.86. The molecule has 0 aliphatic rings. The van der Waals surface area contributed by atoms with E-state index in [1.807, 2.05) is 6.92 Å². The van der Waals surface area contributed by atoms with Crippen molar-refractivity contribution >= 4 is 27.4 Å². The van der Waals surface area contributed by atoms with E-state index in [0.717, 1.165) is 18.5 Å². The summed E-state index contributed by atoms with van der Waals surface area (Å²) in [6, 6.07) is 6.45. The van der Waals surface area contributed by atoms with Gasteiger partial charge in [-0.1, -0.05) is 31.0 Å². The minimum Gasteiger partial charge on any atom is -0.280 e. The molecule has 108 valence electrons. The summed E-state index contributed by atoms with van der Waals surface area (Å²) in [5, 5.41) is 7.13. The highest BCUT2D eigenvalue weighted by Gasteiger charge is 2.18. The Kier molecular flexibility index (Phi) is 4.35. The van der Waals surface area contributed by atoms with Crippen LogP contribution in [0.5, 0.6) is 0 Å². The number of aromatic amines is 1. The molecule has 0 saturated heterocycles. The van der Waals surface area contributed by atoms with Crippen LogP contribution >= 0.6 is 11.6 Å². The highest BCUT2D eigenvalue weighted by molar-refractivity contribution is 7.92. The Hall–Kier alpha value is -1.53. The first kappa shape index (κ1) is 14.9. The lowest BCUT2D eigenvalue weighted by atomic mass is 10.2. The number of aryl methyl sites for hydroxylation is 2. The zero-order chi connectivity index (χ0) is 14.8. The molecule has 2 N–H and O–H groups in total. The number of nitrogens with one attached hydrogen (secondary N) is 2. The second kappa shape index (κ2) is 5.85. The minimum atomic E-state index is -3.69. The van der Waals surface area contributed by atoms with Crippen LogP contribution in [0.3, 0.4) is 0 Å². The van der Waals surface area contributed by atoms with E-state index < -0.39 is 10.0 Å². The third kappa shape index (κ3) is 3.32. The highest BCUT2D eigenvalue weighted by Crippen LogP contribution is 2.22. The molecule has 0 unspecified atom stereocenters. The van der Waals surface area contributed by atoms with Crippen molar-refractivity contribution in [3.63, 3.8) is 0 Å². The van der Waals surface area contributed by atoms with Crippen LogP contribution in [-0.4, -0.2) is 18.6 Å². The Labute approximate surface area is 123 Å². The largest absolute Gasteiger partial charge is 0.280 e. The molecule has 0 spiro atoms. The molecule has 0 aliphatic carbocycles. The van der Waals surface area contributed by atoms with Crippen LogP contribution in [0.2, 0.25) is 5.02 Å². The smallest absolute Gasteiger partial charge is 0.263 e. The zero-order valence-corrected chi connectivity index (χ0v) is 12.8. The molecule has 0 amide bonds. The van der Waals surface area contributed by atoms with Crippen molar-refractivity contribution < 1.29 is 8.42 Å². The number of H-pyrrole nitrogens is 1. The Morgan fingerprint density at radius 3 is 2.80 bits per heavy atom. The van der Waals surface area contributed by atoms with Crippen LogP contribution in [0, 0.1) is 6.92 Å². The summed E-state index contributed by atoms with van der Waals surface area (Å²) in [6.45, 7) is 3.76. The Morgan fingerprint density at radius 2 is 2.10 bits per heavy atom. The van der Waals surface area contributed by atoms with Crippen molar-refractivity contribution in [1.82, 2.24) is 10.2 Å². The van der Waals surface area contributed by atoms with E-state index in [4.69, 9.17) is 11.6 Å². The van der Waals surface area contributed by atoms with Gasteiger partial charge in [0.2, 0.25) is 0 Å². The van der Waals surface area contributed by atoms with Gasteiger partial charge in [-0.05, 0) is 31.0 Å². The molecule has 0 bridgehead atoms. The van der Waals surface area contributed by atoms with Crippen molar-refractivity contribution in [2.75, 3.05) is 4.72 Å². The second-order valence-electron chi connectivity index (χ2n) is 4.54. The third-order valence-electron chi connectivity index (χ3n) is 2.83. The number of halogens is 1. The zero-order valence-electron chi connectivity index (χ0n) is 11.3. The maximum Gasteiger partial charge on any atom is 0.263 e. The fourth-order valence-electron chi connectivity index (χ4n) is 1.87. The van der Waals surface area contributed by atoms with E-state index >= 15 is 0 Å². The van der Waals surface area contributed by atoms with Gasteiger partial charge >= 0.3 is 0 Å². The number of anilines is 1. The van der Waals surface area contributed by atoms with E-state index in [9.17, 15) is 8.42 Å². The molecule has 0 aliphatic heterocycles. The van der Waals surface area contributed by atoms with Gasteiger partial charge in [-0.2, -0.15) is 5.10 Å². The normalized spacial score (nSPS) is 11.6. The molecule has 0 saturated carbocycles. The van der Waals surface area contributed by atoms with Crippen molar-refractivity contribution in [1.29, 1.82) is 0 Å². The van der Waals surface area contributed by atoms with Gasteiger partial charge in [-0.25, -0.2) is 8.42 Å². The Morgan fingerprint density at radius 1 is 1.35 bits per heavy atom. The lowest BCUT2D eigenvalue weighted by Crippen LogP contribution is -2.14. The lowest BCUT2D eigenvalue weighted by Gasteiger charge is -2.08. The molecule has 7 heteroatoms. The molecule has 1 aromatic heterocycles. The molecular weight excluding hydrogens is 298 g/mol. The second-order valence-corrected chi connectivity index (χ2v) is 6.63. The van der Waals surface area contributed by atoms with Crippen LogP contribution in [0.1, 0.15) is 24.6 Å². The van der Waals surface area contributed by atoms with Crippen LogP contribution in [0.15, 0.2) is 29.2 Å². The van der Waals surface area contributed by atoms with Gasteiger partial charge in [0.05, 0.1) is 4.90 Å². The van der Waals surface area contributed by atoms with Crippen LogP contribution in [-0.2, 0) is 16.4 Å². The molecular formula is C13H16ClN3O2S. The SMILES string of the molecule is CCCc1cc(NS(=O)(=O)c2cc(Cl)ccc2C)n[nH]1. The molecule has 2 aromatic rings. The van der Waals surface area contributed by atoms with Gasteiger partial charge in [0.25, 0.3) is 10.0 Å². The Bertz CT molecular complexity index is 710. The number of hydrogen-bond donors (Lipinski definition) is 2. The van der Waals surface area contributed by atoms with Gasteiger partial charge in [-0.3, -0.25) is 9.82 Å². The topological polar surface area (TPSA) is 74.8 Å². The first-order valence-electron chi connectivity index (χ1n) is 6.25. The summed E-state index contributed by atoms with van der Waals surface area (Å²) in [4.78, 5) is 0.157. The quantitative estimate of drug-likeness (QED) is 0.890. The molecule has 1 heterocycles. The number of sulfonamides is 1. The van der Waals surface area contributed by atoms with Gasteiger partial charge in [-0.15, -0.1) is 0 Å². The fourth-order valence-corrected chi connectivity index (χ4v) is 3.37. The van der Waals surface area contributed by atoms with E-state index in [-0.39, 0.29) is 10.7 Å². The highest BCUT2D eigenvalue weighted by atomic mass is 35.5. The van der Waals surface area contributed by atoms with E-state index in [1.165, 1.54) is 6.07 Å². The van der Waals surface area contributed by atoms with Gasteiger partial charge in [0.1, 0.15) is 0 Å². The molecule has 5 nitrogen and oxygen atoms in total. The number of benzene rings is 1. The van der Waals surface area contributed by atoms with Crippen molar-refractivity contribution in [3.05, 3.63) is 40.5 Å². The van der Waals surface area contributed by atoms with Crippen molar-refractivity contribution in [2.45, 2.75) is 31.6 Å². The monoisotopic (exact) mass is 313 g/mol. The lowest BCUT2D eigenvalue weighted by molar-refractivity contribution is 0.600. The molecule has 0 radical (unpaired) electrons. The number of nitrogens with zero attached hydrogens (tertiary/aromatic N) is 1. The van der Waals surface area contributed by atoms with Crippen molar-refractivity contribution in [2.24, 2.45) is 0 Å². The summed E-state index contributed by atoms with van der Waals surface area (Å²) in [5.74, 6) is 0.285. The summed E-state index contributed by atoms with van der Waals surface area (Å²) in [6.07, 6.45) is 1.78. The molecule has 20 heavy (non-hydrogen) atoms. The van der Waals surface area contributed by atoms with E-state index in [1.54, 1.807) is 25.1 Å². The standard InChI is InChI=1S/C13H16ClN3O2S/c1-3-4-11-8-13(16-15-11)17-20(18,19)12-7-10(14)6-5-9(12)2/h5-8H,3-4H2,1-2H3,(H2,15,16,17). The minimum absolute atomic E-state index is 0.157. The van der Waals surface area contributed by atoms with E-state index in [2.05, 4.69) is 14.9 Å². The Balaban J connectivity index is 2.28. The average Bonchev–Trinajstić information content (AvgIpc) is 2.79. The number of hydrogen-bond acceptors (Lipinski definition) is 3. The predicted octanol–water partition coefficient (Wildman–Crippen LogP) is 3.12. The first-order valence-corrected chi connectivity index (χ1v) is 8.11. The van der Waals surface area contributed by atoms with Gasteiger partial charge in [0.15, 0.2) is 5.82 Å². The maximum absolute atomic E-state index is 12.3. The molecule has 0 fully saturated rings. The fraction of sp³-hybridized carbons (Fsp3) is 0.308. The summed E-state index contributed by atoms with van der Waals surface area (Å²) in [7, 11) is -3.69. The summed E-state index contributed by atoms with van der Waals surface area (Å²) in [5.41, 5.74) is 1.53. The van der Waals surface area contributed by atoms with E-state index in [0.29, 0.717) is 10.6 Å². The first-order chi connectivity index (χ1) is 9.42. The average molecular weight is 314 g/mol. The molecule has 2 rings (SSSR count). The molecule has 1 aromatic carbocycles. The third-order valence-corrected chi connectivity index (χ3v) is 4.56. The van der Waals surface area contributed by atoms with Gasteiger partial charge in [0, 0.05) is 16.8 Å². The van der Waals surface area contributed by atoms with Crippen molar-refractivity contribution in [3.8, 4) is 0 Å². The maximum atomic E-state index is 12.3. The van der Waals surface area contributed by atoms with Crippen LogP contribution in [0.4, 0.5) is 5.82 Å². The molecule has 0 atom stereocenters. The predicted molar refractivity (Wildman–Crippen MR) is 79.6 cm³/mol. The van der Waals surface area contributed by atoms with Gasteiger partial charge < -0.3 is 0 Å². The van der Waals surface area contributed by atoms with Crippen LogP contribution in [0.25, 0.3) is 0 Å². The number of aromatic nitrogens is 2. The summed E-state index contributed by atoms with van der Waals surface area (Å²) < 4.78 is 27.1. The number of rotatable bonds is 5.